The van der Waals surface area contributed by atoms with Gasteiger partial charge in [-0.05, 0) is 12.5 Å². The van der Waals surface area contributed by atoms with E-state index in [1.54, 1.807) is 6.92 Å². The average molecular weight is 765 g/mol. The van der Waals surface area contributed by atoms with Gasteiger partial charge in [0.15, 0.2) is 12.6 Å². The number of aliphatic hydroxyl groups excluding tert-OH is 3. The van der Waals surface area contributed by atoms with Crippen molar-refractivity contribution in [1.82, 2.24) is 15.5 Å². The molecule has 0 bridgehead atoms. The van der Waals surface area contributed by atoms with Crippen LogP contribution in [-0.2, 0) is 57.0 Å². The van der Waals surface area contributed by atoms with E-state index < -0.39 is 128 Å². The first-order chi connectivity index (χ1) is 25.2. The second kappa shape index (κ2) is 20.2. The standard InChI is InChI=1S/C32H56N6O15/c1-15-32(13-40,14-46-6)29(53-30-23(38(4)20(43)10-34-37-33)28(49-9)27(48-8)19(51-30)12-45-5)31(50-15)52-26-18(11-39)25(47-7)21(35-16(2)41)24(44)22(26)36-17(3)42/h15,18-19,21-31,39-40,44H,10-14H2,1-9H3,(H,35,41)(H,36,42)/t15-,18?,19?,21?,22?,23?,24?,25?,26?,27?,28?,29?,30+,31-,32-/m0/s1. The van der Waals surface area contributed by atoms with Gasteiger partial charge in [0.25, 0.3) is 0 Å². The summed E-state index contributed by atoms with van der Waals surface area (Å²) >= 11 is 0. The molecule has 3 aliphatic rings. The number of ether oxygens (including phenoxy) is 9. The maximum absolute atomic E-state index is 13.3. The van der Waals surface area contributed by atoms with E-state index in [4.69, 9.17) is 48.2 Å². The molecule has 21 heteroatoms. The molecule has 21 nitrogen and oxygen atoms in total. The van der Waals surface area contributed by atoms with Crippen LogP contribution >= 0.6 is 0 Å². The molecule has 304 valence electrons. The summed E-state index contributed by atoms with van der Waals surface area (Å²) in [7, 11) is 8.55. The summed E-state index contributed by atoms with van der Waals surface area (Å²) in [6.45, 7) is 2.41. The first-order valence-corrected chi connectivity index (χ1v) is 17.1. The molecular formula is C32H56N6O15. The smallest absolute Gasteiger partial charge is 0.228 e. The van der Waals surface area contributed by atoms with Crippen LogP contribution in [0.5, 0.6) is 0 Å². The molecule has 2 aliphatic heterocycles. The third-order valence-corrected chi connectivity index (χ3v) is 10.4. The summed E-state index contributed by atoms with van der Waals surface area (Å²) in [5, 5.41) is 42.0. The number of hydrogen-bond acceptors (Lipinski definition) is 16. The molecule has 0 aromatic heterocycles. The number of hydrogen-bond donors (Lipinski definition) is 5. The molecule has 15 atom stereocenters. The molecule has 3 rings (SSSR count). The zero-order valence-corrected chi connectivity index (χ0v) is 31.6. The predicted molar refractivity (Wildman–Crippen MR) is 181 cm³/mol. The van der Waals surface area contributed by atoms with Crippen LogP contribution in [0.15, 0.2) is 5.11 Å². The number of carbonyl (C=O) groups excluding carboxylic acids is 3. The van der Waals surface area contributed by atoms with Crippen LogP contribution in [-0.4, -0.2) is 193 Å². The van der Waals surface area contributed by atoms with E-state index >= 15 is 0 Å². The van der Waals surface area contributed by atoms with Gasteiger partial charge < -0.3 is 73.5 Å². The van der Waals surface area contributed by atoms with E-state index in [0.717, 1.165) is 0 Å². The van der Waals surface area contributed by atoms with Crippen molar-refractivity contribution < 1.29 is 72.3 Å². The van der Waals surface area contributed by atoms with Crippen LogP contribution in [0.1, 0.15) is 20.8 Å². The molecule has 1 saturated carbocycles. The number of carbonyl (C=O) groups is 3. The molecule has 53 heavy (non-hydrogen) atoms. The van der Waals surface area contributed by atoms with Gasteiger partial charge in [-0.2, -0.15) is 0 Å². The molecule has 1 aliphatic carbocycles. The van der Waals surface area contributed by atoms with Gasteiger partial charge >= 0.3 is 0 Å². The number of amides is 3. The molecule has 0 radical (unpaired) electrons. The van der Waals surface area contributed by atoms with Crippen LogP contribution in [0, 0.1) is 11.3 Å². The molecular weight excluding hydrogens is 708 g/mol. The molecule has 11 unspecified atom stereocenters. The van der Waals surface area contributed by atoms with Gasteiger partial charge in [0.05, 0.1) is 68.3 Å². The predicted octanol–water partition coefficient (Wildman–Crippen LogP) is -2.33. The maximum atomic E-state index is 13.3. The molecule has 0 aromatic carbocycles. The van der Waals surface area contributed by atoms with Crippen molar-refractivity contribution in [3.05, 3.63) is 10.4 Å². The lowest BCUT2D eigenvalue weighted by Crippen LogP contribution is -2.72. The fraction of sp³-hybridized carbons (Fsp3) is 0.906. The second-order valence-electron chi connectivity index (χ2n) is 13.4. The molecule has 2 saturated heterocycles. The number of azide groups is 1. The zero-order valence-electron chi connectivity index (χ0n) is 31.6. The topological polar surface area (TPSA) is 271 Å². The summed E-state index contributed by atoms with van der Waals surface area (Å²) < 4.78 is 54.5. The van der Waals surface area contributed by atoms with Crippen molar-refractivity contribution in [2.75, 3.05) is 75.6 Å². The minimum absolute atomic E-state index is 0.0203. The molecule has 2 heterocycles. The van der Waals surface area contributed by atoms with Crippen LogP contribution in [0.4, 0.5) is 0 Å². The summed E-state index contributed by atoms with van der Waals surface area (Å²) in [5.74, 6) is -2.58. The first kappa shape index (κ1) is 44.6. The lowest BCUT2D eigenvalue weighted by Gasteiger charge is -2.51. The summed E-state index contributed by atoms with van der Waals surface area (Å²) in [6.07, 6.45) is -11.0. The zero-order chi connectivity index (χ0) is 39.6. The highest BCUT2D eigenvalue weighted by molar-refractivity contribution is 5.78. The Morgan fingerprint density at radius 1 is 0.887 bits per heavy atom. The number of rotatable bonds is 18. The quantitative estimate of drug-likeness (QED) is 0.0557. The van der Waals surface area contributed by atoms with Gasteiger partial charge in [-0.15, -0.1) is 0 Å². The van der Waals surface area contributed by atoms with Crippen molar-refractivity contribution >= 4 is 17.7 Å². The van der Waals surface area contributed by atoms with Crippen molar-refractivity contribution in [3.63, 3.8) is 0 Å². The van der Waals surface area contributed by atoms with Crippen molar-refractivity contribution in [2.24, 2.45) is 16.4 Å². The Kier molecular flexibility index (Phi) is 17.0. The Labute approximate surface area is 308 Å². The Morgan fingerprint density at radius 2 is 1.49 bits per heavy atom. The third-order valence-electron chi connectivity index (χ3n) is 10.4. The summed E-state index contributed by atoms with van der Waals surface area (Å²) in [6, 6.07) is -3.33. The van der Waals surface area contributed by atoms with Gasteiger partial charge in [0, 0.05) is 67.3 Å². The van der Waals surface area contributed by atoms with E-state index in [2.05, 4.69) is 20.7 Å². The van der Waals surface area contributed by atoms with Gasteiger partial charge in [0.1, 0.15) is 37.0 Å². The SMILES string of the molecule is COCC1O[C@H](OC2[C@H](OC3C(CO)C(OC)C(NC(C)=O)C(O)C3NC(C)=O)O[C@@H](C)[C@]2(CO)COC)C(N(C)C(=O)CN=[N+]=[N-])C(OC)C1OC. The van der Waals surface area contributed by atoms with Crippen molar-refractivity contribution in [3.8, 4) is 0 Å². The Bertz CT molecular complexity index is 1260. The minimum Gasteiger partial charge on any atom is -0.396 e. The van der Waals surface area contributed by atoms with Gasteiger partial charge in [0.2, 0.25) is 17.7 Å². The summed E-state index contributed by atoms with van der Waals surface area (Å²) in [5.41, 5.74) is 7.54. The van der Waals surface area contributed by atoms with Gasteiger partial charge in [-0.1, -0.05) is 5.11 Å². The number of aliphatic hydroxyl groups is 3. The maximum Gasteiger partial charge on any atom is 0.228 e. The van der Waals surface area contributed by atoms with E-state index in [9.17, 15) is 29.7 Å². The van der Waals surface area contributed by atoms with Crippen molar-refractivity contribution in [1.29, 1.82) is 0 Å². The number of nitrogens with zero attached hydrogens (tertiary/aromatic N) is 4. The van der Waals surface area contributed by atoms with Crippen LogP contribution in [0.25, 0.3) is 10.4 Å². The molecule has 3 amide bonds. The number of likely N-dealkylation sites (N-methyl/N-ethyl adjacent to an activating group) is 1. The first-order valence-electron chi connectivity index (χ1n) is 17.1. The lowest BCUT2D eigenvalue weighted by molar-refractivity contribution is -0.328. The van der Waals surface area contributed by atoms with Crippen LogP contribution in [0.3, 0.4) is 0 Å². The molecule has 0 spiro atoms. The van der Waals surface area contributed by atoms with E-state index in [-0.39, 0.29) is 13.2 Å². The van der Waals surface area contributed by atoms with E-state index in [1.807, 2.05) is 0 Å². The molecule has 3 fully saturated rings. The van der Waals surface area contributed by atoms with Crippen LogP contribution in [0.2, 0.25) is 0 Å². The highest BCUT2D eigenvalue weighted by Gasteiger charge is 2.62. The van der Waals surface area contributed by atoms with E-state index in [1.165, 1.54) is 61.3 Å². The summed E-state index contributed by atoms with van der Waals surface area (Å²) in [4.78, 5) is 41.8. The minimum atomic E-state index is -1.47. The fourth-order valence-corrected chi connectivity index (χ4v) is 7.73. The lowest BCUT2D eigenvalue weighted by atomic mass is 9.75. The van der Waals surface area contributed by atoms with Gasteiger partial charge in [-0.25, -0.2) is 0 Å². The van der Waals surface area contributed by atoms with Gasteiger partial charge in [-0.3, -0.25) is 14.4 Å². The Morgan fingerprint density at radius 3 is 1.98 bits per heavy atom. The highest BCUT2D eigenvalue weighted by Crippen LogP contribution is 2.45. The second-order valence-corrected chi connectivity index (χ2v) is 13.4. The Hall–Kier alpha value is -2.76. The number of nitrogens with one attached hydrogen (secondary N) is 2. The molecule has 0 aromatic rings. The average Bonchev–Trinajstić information content (AvgIpc) is 3.37. The highest BCUT2D eigenvalue weighted by atomic mass is 16.8. The third kappa shape index (κ3) is 9.55. The monoisotopic (exact) mass is 764 g/mol. The fourth-order valence-electron chi connectivity index (χ4n) is 7.73. The van der Waals surface area contributed by atoms with Crippen LogP contribution < -0.4 is 10.6 Å². The Balaban J connectivity index is 2.17. The molecule has 5 N–H and O–H groups in total. The largest absolute Gasteiger partial charge is 0.396 e. The number of methoxy groups -OCH3 is 5. The normalized spacial score (nSPS) is 38.5. The van der Waals surface area contributed by atoms with E-state index in [0.29, 0.717) is 0 Å². The van der Waals surface area contributed by atoms with Crippen molar-refractivity contribution in [2.45, 2.75) is 100 Å².